The van der Waals surface area contributed by atoms with Gasteiger partial charge in [-0.2, -0.15) is 11.3 Å². The quantitative estimate of drug-likeness (QED) is 0.336. The Labute approximate surface area is 183 Å². The maximum atomic E-state index is 5.93. The molecule has 1 fully saturated rings. The van der Waals surface area contributed by atoms with Crippen LogP contribution < -0.4 is 10.6 Å². The van der Waals surface area contributed by atoms with Crippen LogP contribution in [0.5, 0.6) is 0 Å². The maximum absolute atomic E-state index is 5.93. The van der Waals surface area contributed by atoms with Gasteiger partial charge in [-0.1, -0.05) is 6.92 Å². The van der Waals surface area contributed by atoms with Gasteiger partial charge in [-0.15, -0.1) is 24.0 Å². The van der Waals surface area contributed by atoms with Crippen LogP contribution in [0.4, 0.5) is 0 Å². The number of rotatable bonds is 7. The zero-order valence-electron chi connectivity index (χ0n) is 16.4. The summed E-state index contributed by atoms with van der Waals surface area (Å²) in [5.41, 5.74) is 1.37. The third-order valence-electron chi connectivity index (χ3n) is 5.05. The Morgan fingerprint density at radius 1 is 1.22 bits per heavy atom. The lowest BCUT2D eigenvalue weighted by Crippen LogP contribution is -2.43. The van der Waals surface area contributed by atoms with Crippen molar-refractivity contribution in [3.63, 3.8) is 0 Å². The van der Waals surface area contributed by atoms with Crippen LogP contribution in [0.15, 0.2) is 38.4 Å². The number of aliphatic imine (C=N–C) groups is 1. The van der Waals surface area contributed by atoms with Gasteiger partial charge in [-0.3, -0.25) is 9.89 Å². The Morgan fingerprint density at radius 3 is 2.56 bits per heavy atom. The molecule has 1 saturated heterocycles. The molecule has 2 atom stereocenters. The lowest BCUT2D eigenvalue weighted by atomic mass is 10.1. The van der Waals surface area contributed by atoms with E-state index in [1.165, 1.54) is 18.4 Å². The number of thiophene rings is 1. The summed E-state index contributed by atoms with van der Waals surface area (Å²) in [5, 5.41) is 11.3. The molecule has 3 heterocycles. The Hall–Kier alpha value is -1.06. The van der Waals surface area contributed by atoms with E-state index in [1.807, 2.05) is 20.0 Å². The first-order valence-electron chi connectivity index (χ1n) is 9.44. The van der Waals surface area contributed by atoms with Crippen molar-refractivity contribution in [3.8, 4) is 0 Å². The first kappa shape index (κ1) is 22.2. The van der Waals surface area contributed by atoms with Gasteiger partial charge in [-0.05, 0) is 73.3 Å². The summed E-state index contributed by atoms with van der Waals surface area (Å²) in [5.74, 6) is 3.32. The van der Waals surface area contributed by atoms with E-state index in [2.05, 4.69) is 50.3 Å². The summed E-state index contributed by atoms with van der Waals surface area (Å²) in [6.07, 6.45) is 2.53. The van der Waals surface area contributed by atoms with E-state index < -0.39 is 0 Å². The first-order valence-corrected chi connectivity index (χ1v) is 10.4. The summed E-state index contributed by atoms with van der Waals surface area (Å²) in [6, 6.07) is 6.60. The van der Waals surface area contributed by atoms with Crippen molar-refractivity contribution in [2.45, 2.75) is 38.6 Å². The Kier molecular flexibility index (Phi) is 9.11. The van der Waals surface area contributed by atoms with Gasteiger partial charge >= 0.3 is 0 Å². The van der Waals surface area contributed by atoms with E-state index in [9.17, 15) is 0 Å². The number of hydrogen-bond acceptors (Lipinski definition) is 4. The van der Waals surface area contributed by atoms with Gasteiger partial charge in [-0.25, -0.2) is 0 Å². The number of aryl methyl sites for hydroxylation is 1. The van der Waals surface area contributed by atoms with E-state index in [0.717, 1.165) is 43.7 Å². The molecule has 27 heavy (non-hydrogen) atoms. The number of nitrogens with zero attached hydrogens (tertiary/aromatic N) is 2. The molecule has 0 aromatic carbocycles. The van der Waals surface area contributed by atoms with Crippen molar-refractivity contribution in [1.29, 1.82) is 0 Å². The van der Waals surface area contributed by atoms with Gasteiger partial charge in [0.05, 0.1) is 6.04 Å². The summed E-state index contributed by atoms with van der Waals surface area (Å²) in [6.45, 7) is 8.16. The molecule has 0 spiro atoms. The Bertz CT molecular complexity index is 695. The van der Waals surface area contributed by atoms with Crippen molar-refractivity contribution in [1.82, 2.24) is 15.5 Å². The molecule has 5 nitrogen and oxygen atoms in total. The molecule has 0 amide bonds. The lowest BCUT2D eigenvalue weighted by Gasteiger charge is -2.27. The van der Waals surface area contributed by atoms with E-state index >= 15 is 0 Å². The molecular formula is C20H31IN4OS. The number of likely N-dealkylation sites (tertiary alicyclic amines) is 1. The molecule has 0 bridgehead atoms. The predicted molar refractivity (Wildman–Crippen MR) is 125 cm³/mol. The predicted octanol–water partition coefficient (Wildman–Crippen LogP) is 4.37. The van der Waals surface area contributed by atoms with Crippen LogP contribution in [0.25, 0.3) is 0 Å². The monoisotopic (exact) mass is 502 g/mol. The maximum Gasteiger partial charge on any atom is 0.191 e. The lowest BCUT2D eigenvalue weighted by molar-refractivity contribution is 0.213. The molecule has 0 radical (unpaired) electrons. The van der Waals surface area contributed by atoms with Crippen LogP contribution in [0.3, 0.4) is 0 Å². The fourth-order valence-electron chi connectivity index (χ4n) is 3.43. The molecule has 3 rings (SSSR count). The average molecular weight is 502 g/mol. The molecule has 2 unspecified atom stereocenters. The molecule has 0 saturated carbocycles. The van der Waals surface area contributed by atoms with Crippen molar-refractivity contribution in [2.24, 2.45) is 4.99 Å². The zero-order valence-corrected chi connectivity index (χ0v) is 19.6. The number of guanidine groups is 1. The second-order valence-electron chi connectivity index (χ2n) is 7.00. The molecule has 1 aliphatic rings. The van der Waals surface area contributed by atoms with Crippen LogP contribution in [-0.2, 0) is 0 Å². The third-order valence-corrected chi connectivity index (χ3v) is 5.75. The minimum Gasteiger partial charge on any atom is -0.465 e. The first-order chi connectivity index (χ1) is 12.7. The number of nitrogens with one attached hydrogen (secondary N) is 2. The Morgan fingerprint density at radius 2 is 1.96 bits per heavy atom. The number of furan rings is 1. The van der Waals surface area contributed by atoms with Gasteiger partial charge < -0.3 is 15.1 Å². The summed E-state index contributed by atoms with van der Waals surface area (Å²) < 4.78 is 5.93. The van der Waals surface area contributed by atoms with Crippen LogP contribution in [-0.4, -0.2) is 44.1 Å². The second kappa shape index (κ2) is 11.1. The SMILES string of the molecule is CN=C(NCC(C)c1ccsc1)NCC(c1ccc(C)o1)N1CCCC1.I. The van der Waals surface area contributed by atoms with Crippen LogP contribution in [0, 0.1) is 6.92 Å². The van der Waals surface area contributed by atoms with Crippen molar-refractivity contribution < 1.29 is 4.42 Å². The summed E-state index contributed by atoms with van der Waals surface area (Å²) in [7, 11) is 1.83. The number of hydrogen-bond donors (Lipinski definition) is 2. The highest BCUT2D eigenvalue weighted by atomic mass is 127. The van der Waals surface area contributed by atoms with Gasteiger partial charge in [0.25, 0.3) is 0 Å². The summed E-state index contributed by atoms with van der Waals surface area (Å²) >= 11 is 1.75. The van der Waals surface area contributed by atoms with E-state index in [-0.39, 0.29) is 30.0 Å². The molecule has 2 aromatic rings. The minimum absolute atomic E-state index is 0. The third kappa shape index (κ3) is 6.22. The Balaban J connectivity index is 0.00000261. The van der Waals surface area contributed by atoms with Gasteiger partial charge in [0.15, 0.2) is 5.96 Å². The van der Waals surface area contributed by atoms with Gasteiger partial charge in [0, 0.05) is 20.1 Å². The summed E-state index contributed by atoms with van der Waals surface area (Å²) in [4.78, 5) is 6.89. The molecule has 1 aliphatic heterocycles. The smallest absolute Gasteiger partial charge is 0.191 e. The highest BCUT2D eigenvalue weighted by Gasteiger charge is 2.26. The van der Waals surface area contributed by atoms with E-state index in [0.29, 0.717) is 5.92 Å². The standard InChI is InChI=1S/C20H30N4OS.HI/c1-15(17-8-11-26-14-17)12-22-20(21-3)23-13-18(24-9-4-5-10-24)19-7-6-16(2)25-19;/h6-8,11,14-15,18H,4-5,9-10,12-13H2,1-3H3,(H2,21,22,23);1H. The zero-order chi connectivity index (χ0) is 18.4. The fourth-order valence-corrected chi connectivity index (χ4v) is 4.21. The normalized spacial score (nSPS) is 17.4. The largest absolute Gasteiger partial charge is 0.465 e. The average Bonchev–Trinajstić information content (AvgIpc) is 3.40. The van der Waals surface area contributed by atoms with Crippen molar-refractivity contribution in [3.05, 3.63) is 46.0 Å². The van der Waals surface area contributed by atoms with Crippen molar-refractivity contribution >= 4 is 41.3 Å². The van der Waals surface area contributed by atoms with Gasteiger partial charge in [0.1, 0.15) is 11.5 Å². The van der Waals surface area contributed by atoms with Gasteiger partial charge in [0.2, 0.25) is 0 Å². The van der Waals surface area contributed by atoms with Crippen LogP contribution in [0.2, 0.25) is 0 Å². The van der Waals surface area contributed by atoms with E-state index in [4.69, 9.17) is 4.42 Å². The topological polar surface area (TPSA) is 52.8 Å². The fraction of sp³-hybridized carbons (Fsp3) is 0.550. The number of halogens is 1. The second-order valence-corrected chi connectivity index (χ2v) is 7.78. The van der Waals surface area contributed by atoms with E-state index in [1.54, 1.807) is 11.3 Å². The highest BCUT2D eigenvalue weighted by Crippen LogP contribution is 2.26. The molecule has 0 aliphatic carbocycles. The van der Waals surface area contributed by atoms with Crippen molar-refractivity contribution in [2.75, 3.05) is 33.2 Å². The van der Waals surface area contributed by atoms with Crippen LogP contribution in [0.1, 0.15) is 48.8 Å². The molecule has 2 aromatic heterocycles. The molecule has 2 N–H and O–H groups in total. The minimum atomic E-state index is 0. The highest BCUT2D eigenvalue weighted by molar-refractivity contribution is 14.0. The molecular weight excluding hydrogens is 471 g/mol. The molecule has 150 valence electrons. The molecule has 7 heteroatoms. The van der Waals surface area contributed by atoms with Crippen LogP contribution >= 0.6 is 35.3 Å².